The molecule has 1 aliphatic carbocycles. The Morgan fingerprint density at radius 2 is 1.85 bits per heavy atom. The molecule has 2 aliphatic heterocycles. The van der Waals surface area contributed by atoms with Gasteiger partial charge in [0.05, 0.1) is 12.2 Å². The fourth-order valence-electron chi connectivity index (χ4n) is 4.27. The Hall–Kier alpha value is -1.66. The van der Waals surface area contributed by atoms with Crippen LogP contribution in [0.3, 0.4) is 0 Å². The van der Waals surface area contributed by atoms with Crippen LogP contribution in [0.15, 0.2) is 18.2 Å². The van der Waals surface area contributed by atoms with Crippen LogP contribution in [0.4, 0.5) is 4.39 Å². The number of rotatable bonds is 4. The normalized spacial score (nSPS) is 26.9. The highest BCUT2D eigenvalue weighted by atomic mass is 19.1. The van der Waals surface area contributed by atoms with Gasteiger partial charge in [0.15, 0.2) is 0 Å². The summed E-state index contributed by atoms with van der Waals surface area (Å²) in [5.74, 6) is -0.252. The van der Waals surface area contributed by atoms with Gasteiger partial charge in [-0.25, -0.2) is 4.39 Å². The first-order chi connectivity index (χ1) is 13.2. The van der Waals surface area contributed by atoms with Gasteiger partial charge >= 0.3 is 0 Å². The Balaban J connectivity index is 1.31. The Kier molecular flexibility index (Phi) is 5.93. The molecule has 0 atom stereocenters. The Labute approximate surface area is 160 Å². The van der Waals surface area contributed by atoms with Gasteiger partial charge < -0.3 is 19.3 Å². The highest BCUT2D eigenvalue weighted by Gasteiger charge is 2.35. The fraction of sp³-hybridized carbons (Fsp3) is 0.667. The van der Waals surface area contributed by atoms with E-state index in [1.54, 1.807) is 17.0 Å². The zero-order valence-electron chi connectivity index (χ0n) is 15.9. The number of amides is 1. The molecule has 4 rings (SSSR count). The maximum Gasteiger partial charge on any atom is 0.256 e. The molecular weight excluding hydrogens is 347 g/mol. The number of halogens is 1. The maximum atomic E-state index is 14.5. The van der Waals surface area contributed by atoms with Crippen LogP contribution in [-0.4, -0.2) is 67.2 Å². The number of carbonyl (C=O) groups is 1. The quantitative estimate of drug-likeness (QED) is 0.810. The van der Waals surface area contributed by atoms with Gasteiger partial charge in [0.1, 0.15) is 17.7 Å². The van der Waals surface area contributed by atoms with Crippen molar-refractivity contribution in [3.63, 3.8) is 0 Å². The van der Waals surface area contributed by atoms with E-state index < -0.39 is 5.82 Å². The third kappa shape index (κ3) is 4.43. The summed E-state index contributed by atoms with van der Waals surface area (Å²) in [6.45, 7) is 4.68. The van der Waals surface area contributed by atoms with Gasteiger partial charge in [-0.2, -0.15) is 0 Å². The molecule has 1 amide bonds. The van der Waals surface area contributed by atoms with E-state index in [9.17, 15) is 9.18 Å². The van der Waals surface area contributed by atoms with Crippen LogP contribution in [0.2, 0.25) is 0 Å². The van der Waals surface area contributed by atoms with Crippen LogP contribution in [0, 0.1) is 5.82 Å². The van der Waals surface area contributed by atoms with E-state index in [-0.39, 0.29) is 17.6 Å². The SMILES string of the molecule is O=C(c1ccc(O[C@H]2C[C@H](N3CCCCC3)C2)cc1F)N1CCCOCC1. The topological polar surface area (TPSA) is 42.0 Å². The molecule has 0 unspecified atom stereocenters. The van der Waals surface area contributed by atoms with Crippen molar-refractivity contribution in [3.05, 3.63) is 29.6 Å². The molecule has 2 saturated heterocycles. The van der Waals surface area contributed by atoms with E-state index in [1.807, 2.05) is 0 Å². The van der Waals surface area contributed by atoms with Crippen molar-refractivity contribution >= 4 is 5.91 Å². The van der Waals surface area contributed by atoms with Crippen molar-refractivity contribution in [2.75, 3.05) is 39.4 Å². The molecule has 2 heterocycles. The van der Waals surface area contributed by atoms with Crippen molar-refractivity contribution in [2.45, 2.75) is 50.7 Å². The summed E-state index contributed by atoms with van der Waals surface area (Å²) in [5, 5.41) is 0. The molecule has 0 aromatic heterocycles. The molecule has 5 nitrogen and oxygen atoms in total. The third-order valence-electron chi connectivity index (χ3n) is 5.96. The highest BCUT2D eigenvalue weighted by Crippen LogP contribution is 2.32. The van der Waals surface area contributed by atoms with Gasteiger partial charge in [0.25, 0.3) is 5.91 Å². The molecule has 0 radical (unpaired) electrons. The molecule has 0 bridgehead atoms. The summed E-state index contributed by atoms with van der Waals surface area (Å²) >= 11 is 0. The molecule has 6 heteroatoms. The first-order valence-corrected chi connectivity index (χ1v) is 10.3. The zero-order valence-corrected chi connectivity index (χ0v) is 15.9. The average Bonchev–Trinajstić information content (AvgIpc) is 2.94. The minimum atomic E-state index is -0.505. The van der Waals surface area contributed by atoms with Crippen LogP contribution in [0.1, 0.15) is 48.9 Å². The second-order valence-electron chi connectivity index (χ2n) is 7.86. The van der Waals surface area contributed by atoms with Crippen molar-refractivity contribution in [2.24, 2.45) is 0 Å². The first-order valence-electron chi connectivity index (χ1n) is 10.3. The van der Waals surface area contributed by atoms with Gasteiger partial charge in [0, 0.05) is 44.6 Å². The molecule has 3 fully saturated rings. The minimum absolute atomic E-state index is 0.115. The van der Waals surface area contributed by atoms with Gasteiger partial charge in [-0.3, -0.25) is 4.79 Å². The number of benzene rings is 1. The molecule has 1 saturated carbocycles. The molecule has 3 aliphatic rings. The van der Waals surface area contributed by atoms with E-state index in [0.29, 0.717) is 38.1 Å². The Morgan fingerprint density at radius 1 is 1.04 bits per heavy atom. The van der Waals surface area contributed by atoms with Crippen LogP contribution >= 0.6 is 0 Å². The van der Waals surface area contributed by atoms with Crippen molar-refractivity contribution in [1.29, 1.82) is 0 Å². The van der Waals surface area contributed by atoms with E-state index >= 15 is 0 Å². The molecular formula is C21H29FN2O3. The van der Waals surface area contributed by atoms with Crippen molar-refractivity contribution in [3.8, 4) is 5.75 Å². The predicted molar refractivity (Wildman–Crippen MR) is 101 cm³/mol. The standard InChI is InChI=1S/C21H29FN2O3/c22-20-15-17(27-18-13-16(14-18)23-7-2-1-3-8-23)5-6-19(20)21(25)24-9-4-11-26-12-10-24/h5-6,15-16,18H,1-4,7-14H2/t16-,18-. The fourth-order valence-corrected chi connectivity index (χ4v) is 4.27. The van der Waals surface area contributed by atoms with Gasteiger partial charge in [-0.1, -0.05) is 6.42 Å². The summed E-state index contributed by atoms with van der Waals surface area (Å²) in [5.41, 5.74) is 0.115. The number of piperidine rings is 1. The summed E-state index contributed by atoms with van der Waals surface area (Å²) < 4.78 is 25.8. The number of hydrogen-bond donors (Lipinski definition) is 0. The Bertz CT molecular complexity index is 649. The molecule has 0 N–H and O–H groups in total. The zero-order chi connectivity index (χ0) is 18.6. The average molecular weight is 376 g/mol. The highest BCUT2D eigenvalue weighted by molar-refractivity contribution is 5.94. The summed E-state index contributed by atoms with van der Waals surface area (Å²) in [6.07, 6.45) is 6.90. The molecule has 1 aromatic rings. The molecule has 1 aromatic carbocycles. The third-order valence-corrected chi connectivity index (χ3v) is 5.96. The monoisotopic (exact) mass is 376 g/mol. The van der Waals surface area contributed by atoms with Crippen LogP contribution < -0.4 is 4.74 Å². The minimum Gasteiger partial charge on any atom is -0.490 e. The van der Waals surface area contributed by atoms with Crippen LogP contribution in [0.25, 0.3) is 0 Å². The second-order valence-corrected chi connectivity index (χ2v) is 7.86. The lowest BCUT2D eigenvalue weighted by molar-refractivity contribution is 0.00878. The van der Waals surface area contributed by atoms with Crippen molar-refractivity contribution in [1.82, 2.24) is 9.80 Å². The van der Waals surface area contributed by atoms with Crippen LogP contribution in [0.5, 0.6) is 5.75 Å². The predicted octanol–water partition coefficient (Wildman–Crippen LogP) is 3.08. The van der Waals surface area contributed by atoms with E-state index in [2.05, 4.69) is 4.90 Å². The summed E-state index contributed by atoms with van der Waals surface area (Å²) in [7, 11) is 0. The van der Waals surface area contributed by atoms with Gasteiger partial charge in [-0.15, -0.1) is 0 Å². The lowest BCUT2D eigenvalue weighted by Gasteiger charge is -2.44. The lowest BCUT2D eigenvalue weighted by atomic mass is 9.86. The smallest absolute Gasteiger partial charge is 0.256 e. The van der Waals surface area contributed by atoms with Crippen molar-refractivity contribution < 1.29 is 18.7 Å². The van der Waals surface area contributed by atoms with Gasteiger partial charge in [-0.05, 0) is 44.5 Å². The van der Waals surface area contributed by atoms with Crippen LogP contribution in [-0.2, 0) is 4.74 Å². The largest absolute Gasteiger partial charge is 0.490 e. The number of likely N-dealkylation sites (tertiary alicyclic amines) is 1. The van der Waals surface area contributed by atoms with E-state index in [4.69, 9.17) is 9.47 Å². The lowest BCUT2D eigenvalue weighted by Crippen LogP contribution is -2.50. The first kappa shape index (κ1) is 18.7. The summed E-state index contributed by atoms with van der Waals surface area (Å²) in [4.78, 5) is 16.8. The molecule has 148 valence electrons. The number of ether oxygens (including phenoxy) is 2. The Morgan fingerprint density at radius 3 is 2.63 bits per heavy atom. The molecule has 0 spiro atoms. The van der Waals surface area contributed by atoms with Gasteiger partial charge in [0.2, 0.25) is 0 Å². The van der Waals surface area contributed by atoms with E-state index in [0.717, 1.165) is 19.3 Å². The summed E-state index contributed by atoms with van der Waals surface area (Å²) in [6, 6.07) is 5.25. The number of carbonyl (C=O) groups excluding carboxylic acids is 1. The maximum absolute atomic E-state index is 14.5. The second kappa shape index (κ2) is 8.57. The van der Waals surface area contributed by atoms with E-state index in [1.165, 1.54) is 38.4 Å². The number of nitrogens with zero attached hydrogens (tertiary/aromatic N) is 2. The molecule has 27 heavy (non-hydrogen) atoms. The number of hydrogen-bond acceptors (Lipinski definition) is 4.